The Hall–Kier alpha value is -1.88. The summed E-state index contributed by atoms with van der Waals surface area (Å²) in [5, 5.41) is 10.6. The summed E-state index contributed by atoms with van der Waals surface area (Å²) < 4.78 is 11.0. The Morgan fingerprint density at radius 1 is 1.13 bits per heavy atom. The van der Waals surface area contributed by atoms with Gasteiger partial charge in [-0.25, -0.2) is 0 Å². The summed E-state index contributed by atoms with van der Waals surface area (Å²) in [5.41, 5.74) is 1.36. The molecule has 2 rings (SSSR count). The molecule has 0 fully saturated rings. The third-order valence-electron chi connectivity index (χ3n) is 3.22. The van der Waals surface area contributed by atoms with Crippen LogP contribution in [-0.4, -0.2) is 30.2 Å². The average molecular weight is 335 g/mol. The van der Waals surface area contributed by atoms with Crippen molar-refractivity contribution in [2.24, 2.45) is 0 Å². The maximum Gasteiger partial charge on any atom is 0.163 e. The average Bonchev–Trinajstić information content (AvgIpc) is 2.55. The molecule has 122 valence electrons. The fraction of sp³-hybridized carbons (Fsp3) is 0.278. The monoisotopic (exact) mass is 334 g/mol. The van der Waals surface area contributed by atoms with Crippen LogP contribution in [-0.2, 0) is 11.3 Å². The molecule has 4 nitrogen and oxygen atoms in total. The summed E-state index contributed by atoms with van der Waals surface area (Å²) in [7, 11) is 0. The first-order valence-corrected chi connectivity index (χ1v) is 7.67. The standard InChI is InChI=1S/C18H19ClO4/c1-13(20)16-7-3-5-9-18(16)23-12-15(21)11-22-10-14-6-2-4-8-17(14)19/h2-9,15,21H,10-12H2,1H3. The second-order valence-corrected chi connectivity index (χ2v) is 5.53. The zero-order valence-corrected chi connectivity index (χ0v) is 13.6. The first-order chi connectivity index (χ1) is 11.1. The molecule has 0 aliphatic rings. The number of ketones is 1. The Morgan fingerprint density at radius 3 is 2.57 bits per heavy atom. The van der Waals surface area contributed by atoms with E-state index in [0.717, 1.165) is 5.56 Å². The lowest BCUT2D eigenvalue weighted by Gasteiger charge is -2.14. The van der Waals surface area contributed by atoms with Gasteiger partial charge in [0.15, 0.2) is 5.78 Å². The normalized spacial score (nSPS) is 12.0. The van der Waals surface area contributed by atoms with Crippen molar-refractivity contribution in [1.29, 1.82) is 0 Å². The van der Waals surface area contributed by atoms with Gasteiger partial charge in [0.05, 0.1) is 18.8 Å². The van der Waals surface area contributed by atoms with Crippen molar-refractivity contribution in [3.05, 3.63) is 64.7 Å². The molecule has 23 heavy (non-hydrogen) atoms. The van der Waals surface area contributed by atoms with Crippen molar-refractivity contribution in [2.75, 3.05) is 13.2 Å². The topological polar surface area (TPSA) is 55.8 Å². The highest BCUT2D eigenvalue weighted by molar-refractivity contribution is 6.31. The molecular weight excluding hydrogens is 316 g/mol. The first-order valence-electron chi connectivity index (χ1n) is 7.30. The molecule has 1 atom stereocenters. The lowest BCUT2D eigenvalue weighted by Crippen LogP contribution is -2.23. The molecule has 0 spiro atoms. The molecule has 0 amide bonds. The molecule has 1 N–H and O–H groups in total. The van der Waals surface area contributed by atoms with Gasteiger partial charge in [0, 0.05) is 5.02 Å². The Bertz CT molecular complexity index is 657. The number of halogens is 1. The number of aliphatic hydroxyl groups excluding tert-OH is 1. The summed E-state index contributed by atoms with van der Waals surface area (Å²) >= 11 is 6.03. The van der Waals surface area contributed by atoms with Gasteiger partial charge in [0.2, 0.25) is 0 Å². The molecule has 0 aromatic heterocycles. The van der Waals surface area contributed by atoms with E-state index < -0.39 is 6.10 Å². The predicted molar refractivity (Wildman–Crippen MR) is 89.1 cm³/mol. The van der Waals surface area contributed by atoms with Crippen LogP contribution in [0.25, 0.3) is 0 Å². The van der Waals surface area contributed by atoms with Gasteiger partial charge < -0.3 is 14.6 Å². The number of hydrogen-bond acceptors (Lipinski definition) is 4. The van der Waals surface area contributed by atoms with E-state index in [1.54, 1.807) is 30.3 Å². The molecule has 0 radical (unpaired) electrons. The SMILES string of the molecule is CC(=O)c1ccccc1OCC(O)COCc1ccccc1Cl. The van der Waals surface area contributed by atoms with E-state index in [0.29, 0.717) is 22.9 Å². The number of rotatable bonds is 8. The van der Waals surface area contributed by atoms with Crippen LogP contribution >= 0.6 is 11.6 Å². The minimum absolute atomic E-state index is 0.0484. The summed E-state index contributed by atoms with van der Waals surface area (Å²) in [4.78, 5) is 11.5. The van der Waals surface area contributed by atoms with Gasteiger partial charge in [-0.2, -0.15) is 0 Å². The Labute approximate surface area is 140 Å². The molecule has 0 aliphatic carbocycles. The van der Waals surface area contributed by atoms with Crippen LogP contribution in [0.5, 0.6) is 5.75 Å². The minimum atomic E-state index is -0.794. The van der Waals surface area contributed by atoms with E-state index in [1.165, 1.54) is 6.92 Å². The van der Waals surface area contributed by atoms with Crippen molar-refractivity contribution in [2.45, 2.75) is 19.6 Å². The molecule has 1 unspecified atom stereocenters. The highest BCUT2D eigenvalue weighted by Crippen LogP contribution is 2.19. The van der Waals surface area contributed by atoms with Gasteiger partial charge in [-0.05, 0) is 30.7 Å². The molecule has 0 saturated carbocycles. The Balaban J connectivity index is 1.79. The lowest BCUT2D eigenvalue weighted by atomic mass is 10.1. The third-order valence-corrected chi connectivity index (χ3v) is 3.59. The highest BCUT2D eigenvalue weighted by atomic mass is 35.5. The molecule has 5 heteroatoms. The fourth-order valence-corrected chi connectivity index (χ4v) is 2.23. The van der Waals surface area contributed by atoms with Gasteiger partial charge in [0.25, 0.3) is 0 Å². The van der Waals surface area contributed by atoms with Crippen molar-refractivity contribution >= 4 is 17.4 Å². The zero-order chi connectivity index (χ0) is 16.7. The van der Waals surface area contributed by atoms with Crippen molar-refractivity contribution < 1.29 is 19.4 Å². The molecule has 0 aliphatic heterocycles. The predicted octanol–water partition coefficient (Wildman–Crippen LogP) is 3.50. The zero-order valence-electron chi connectivity index (χ0n) is 12.9. The smallest absolute Gasteiger partial charge is 0.163 e. The minimum Gasteiger partial charge on any atom is -0.490 e. The number of ether oxygens (including phenoxy) is 2. The highest BCUT2D eigenvalue weighted by Gasteiger charge is 2.11. The van der Waals surface area contributed by atoms with E-state index in [-0.39, 0.29) is 19.0 Å². The van der Waals surface area contributed by atoms with E-state index in [1.807, 2.05) is 18.2 Å². The van der Waals surface area contributed by atoms with E-state index in [2.05, 4.69) is 0 Å². The van der Waals surface area contributed by atoms with Crippen molar-refractivity contribution in [3.8, 4) is 5.75 Å². The van der Waals surface area contributed by atoms with Crippen LogP contribution < -0.4 is 4.74 Å². The largest absolute Gasteiger partial charge is 0.490 e. The molecule has 2 aromatic carbocycles. The summed E-state index contributed by atoms with van der Waals surface area (Å²) in [6.07, 6.45) is -0.794. The quantitative estimate of drug-likeness (QED) is 0.751. The number of carbonyl (C=O) groups excluding carboxylic acids is 1. The van der Waals surface area contributed by atoms with Crippen LogP contribution in [0.3, 0.4) is 0 Å². The van der Waals surface area contributed by atoms with E-state index in [9.17, 15) is 9.90 Å². The van der Waals surface area contributed by atoms with Gasteiger partial charge in [-0.1, -0.05) is 41.9 Å². The van der Waals surface area contributed by atoms with Crippen molar-refractivity contribution in [1.82, 2.24) is 0 Å². The van der Waals surface area contributed by atoms with E-state index in [4.69, 9.17) is 21.1 Å². The molecule has 0 saturated heterocycles. The molecule has 0 heterocycles. The molecule has 2 aromatic rings. The number of benzene rings is 2. The van der Waals surface area contributed by atoms with Crippen LogP contribution in [0.1, 0.15) is 22.8 Å². The van der Waals surface area contributed by atoms with Crippen LogP contribution in [0.2, 0.25) is 5.02 Å². The summed E-state index contributed by atoms with van der Waals surface area (Å²) in [6, 6.07) is 14.3. The van der Waals surface area contributed by atoms with Crippen LogP contribution in [0.15, 0.2) is 48.5 Å². The van der Waals surface area contributed by atoms with Gasteiger partial charge in [-0.15, -0.1) is 0 Å². The first kappa shape index (κ1) is 17.5. The Kier molecular flexibility index (Phi) is 6.59. The molecule has 0 bridgehead atoms. The second-order valence-electron chi connectivity index (χ2n) is 5.12. The molecular formula is C18H19ClO4. The number of aliphatic hydroxyl groups is 1. The maximum atomic E-state index is 11.5. The second kappa shape index (κ2) is 8.67. The fourth-order valence-electron chi connectivity index (χ4n) is 2.04. The lowest BCUT2D eigenvalue weighted by molar-refractivity contribution is 0.00538. The Morgan fingerprint density at radius 2 is 1.83 bits per heavy atom. The van der Waals surface area contributed by atoms with Gasteiger partial charge in [-0.3, -0.25) is 4.79 Å². The van der Waals surface area contributed by atoms with Crippen LogP contribution in [0.4, 0.5) is 0 Å². The third kappa shape index (κ3) is 5.36. The summed E-state index contributed by atoms with van der Waals surface area (Å²) in [6.45, 7) is 1.96. The summed E-state index contributed by atoms with van der Waals surface area (Å²) in [5.74, 6) is 0.384. The maximum absolute atomic E-state index is 11.5. The number of Topliss-reactive ketones (excluding diaryl/α,β-unsaturated/α-hetero) is 1. The van der Waals surface area contributed by atoms with E-state index >= 15 is 0 Å². The van der Waals surface area contributed by atoms with Crippen molar-refractivity contribution in [3.63, 3.8) is 0 Å². The van der Waals surface area contributed by atoms with Gasteiger partial charge in [0.1, 0.15) is 18.5 Å². The number of carbonyl (C=O) groups is 1. The number of hydrogen-bond donors (Lipinski definition) is 1. The van der Waals surface area contributed by atoms with Crippen LogP contribution in [0, 0.1) is 0 Å². The number of para-hydroxylation sites is 1. The van der Waals surface area contributed by atoms with Gasteiger partial charge >= 0.3 is 0 Å².